The molecule has 0 aliphatic carbocycles. The maximum Gasteiger partial charge on any atom is 0.319 e. The summed E-state index contributed by atoms with van der Waals surface area (Å²) < 4.78 is 0. The highest BCUT2D eigenvalue weighted by Gasteiger charge is 2.13. The summed E-state index contributed by atoms with van der Waals surface area (Å²) in [6.07, 6.45) is 1.55. The van der Waals surface area contributed by atoms with Crippen LogP contribution in [0.25, 0.3) is 0 Å². The van der Waals surface area contributed by atoms with Crippen LogP contribution in [0.5, 0.6) is 0 Å². The average Bonchev–Trinajstić information content (AvgIpc) is 2.24. The van der Waals surface area contributed by atoms with E-state index in [1.54, 1.807) is 0 Å². The Morgan fingerprint density at radius 2 is 2.06 bits per heavy atom. The molecule has 0 atom stereocenters. The third kappa shape index (κ3) is 5.68. The van der Waals surface area contributed by atoms with Crippen molar-refractivity contribution in [2.75, 3.05) is 11.9 Å². The van der Waals surface area contributed by atoms with Crippen molar-refractivity contribution in [1.82, 2.24) is 5.32 Å². The predicted molar refractivity (Wildman–Crippen MR) is 73.8 cm³/mol. The van der Waals surface area contributed by atoms with Gasteiger partial charge in [-0.3, -0.25) is 0 Å². The predicted octanol–water partition coefficient (Wildman–Crippen LogP) is 2.53. The lowest BCUT2D eigenvalue weighted by Crippen LogP contribution is -2.43. The van der Waals surface area contributed by atoms with Gasteiger partial charge >= 0.3 is 6.03 Å². The van der Waals surface area contributed by atoms with Crippen molar-refractivity contribution in [1.29, 1.82) is 0 Å². The maximum atomic E-state index is 11.7. The van der Waals surface area contributed by atoms with E-state index in [1.165, 1.54) is 0 Å². The van der Waals surface area contributed by atoms with Gasteiger partial charge in [0.05, 0.1) is 0 Å². The molecule has 0 saturated carbocycles. The summed E-state index contributed by atoms with van der Waals surface area (Å²) in [5.41, 5.74) is 1.63. The SMILES string of the molecule is CC(C)(C)NC(=O)Nc1cccc(CCCO)c1. The van der Waals surface area contributed by atoms with Gasteiger partial charge in [-0.15, -0.1) is 0 Å². The lowest BCUT2D eigenvalue weighted by atomic mass is 10.1. The van der Waals surface area contributed by atoms with Crippen LogP contribution in [0.2, 0.25) is 0 Å². The number of benzene rings is 1. The normalized spacial score (nSPS) is 11.1. The fourth-order valence-corrected chi connectivity index (χ4v) is 1.59. The van der Waals surface area contributed by atoms with Crippen molar-refractivity contribution in [3.8, 4) is 0 Å². The highest BCUT2D eigenvalue weighted by atomic mass is 16.2. The van der Waals surface area contributed by atoms with E-state index in [1.807, 2.05) is 45.0 Å². The summed E-state index contributed by atoms with van der Waals surface area (Å²) in [6.45, 7) is 5.99. The van der Waals surface area contributed by atoms with Crippen molar-refractivity contribution in [2.24, 2.45) is 0 Å². The van der Waals surface area contributed by atoms with E-state index in [-0.39, 0.29) is 18.2 Å². The van der Waals surface area contributed by atoms with E-state index in [2.05, 4.69) is 10.6 Å². The lowest BCUT2D eigenvalue weighted by molar-refractivity contribution is 0.244. The number of amides is 2. The highest BCUT2D eigenvalue weighted by molar-refractivity contribution is 5.89. The number of aryl methyl sites for hydroxylation is 1. The molecule has 0 aliphatic rings. The first-order valence-electron chi connectivity index (χ1n) is 6.20. The third-order valence-electron chi connectivity index (χ3n) is 2.30. The molecule has 0 bridgehead atoms. The van der Waals surface area contributed by atoms with E-state index in [9.17, 15) is 4.79 Å². The molecule has 0 saturated heterocycles. The van der Waals surface area contributed by atoms with Crippen molar-refractivity contribution in [2.45, 2.75) is 39.2 Å². The van der Waals surface area contributed by atoms with Crippen LogP contribution in [0.3, 0.4) is 0 Å². The van der Waals surface area contributed by atoms with Gasteiger partial charge in [-0.25, -0.2) is 4.79 Å². The second kappa shape index (κ2) is 6.40. The maximum absolute atomic E-state index is 11.7. The zero-order valence-electron chi connectivity index (χ0n) is 11.3. The number of aliphatic hydroxyl groups excluding tert-OH is 1. The first-order valence-corrected chi connectivity index (χ1v) is 6.20. The van der Waals surface area contributed by atoms with Crippen LogP contribution in [0.15, 0.2) is 24.3 Å². The van der Waals surface area contributed by atoms with Crippen LogP contribution in [0.1, 0.15) is 32.8 Å². The number of anilines is 1. The van der Waals surface area contributed by atoms with Crippen LogP contribution in [-0.2, 0) is 6.42 Å². The number of hydrogen-bond acceptors (Lipinski definition) is 2. The number of carbonyl (C=O) groups is 1. The monoisotopic (exact) mass is 250 g/mol. The van der Waals surface area contributed by atoms with E-state index in [0.717, 1.165) is 24.1 Å². The van der Waals surface area contributed by atoms with Gasteiger partial charge in [-0.1, -0.05) is 12.1 Å². The number of carbonyl (C=O) groups excluding carboxylic acids is 1. The number of nitrogens with one attached hydrogen (secondary N) is 2. The van der Waals surface area contributed by atoms with E-state index in [4.69, 9.17) is 5.11 Å². The molecule has 0 fully saturated rings. The second-order valence-electron chi connectivity index (χ2n) is 5.36. The van der Waals surface area contributed by atoms with Gasteiger partial charge in [-0.2, -0.15) is 0 Å². The molecule has 100 valence electrons. The van der Waals surface area contributed by atoms with Crippen molar-refractivity contribution in [3.63, 3.8) is 0 Å². The molecule has 0 radical (unpaired) electrons. The van der Waals surface area contributed by atoms with Gasteiger partial charge < -0.3 is 15.7 Å². The Morgan fingerprint density at radius 3 is 2.67 bits per heavy atom. The Morgan fingerprint density at radius 1 is 1.33 bits per heavy atom. The summed E-state index contributed by atoms with van der Waals surface area (Å²) in [6, 6.07) is 7.46. The van der Waals surface area contributed by atoms with Crippen LogP contribution < -0.4 is 10.6 Å². The van der Waals surface area contributed by atoms with E-state index >= 15 is 0 Å². The molecule has 0 aliphatic heterocycles. The van der Waals surface area contributed by atoms with Gasteiger partial charge in [-0.05, 0) is 51.3 Å². The number of rotatable bonds is 4. The lowest BCUT2D eigenvalue weighted by Gasteiger charge is -2.20. The Hall–Kier alpha value is -1.55. The highest BCUT2D eigenvalue weighted by Crippen LogP contribution is 2.12. The Labute approximate surface area is 108 Å². The van der Waals surface area contributed by atoms with Crippen molar-refractivity contribution >= 4 is 11.7 Å². The van der Waals surface area contributed by atoms with Gasteiger partial charge in [0.2, 0.25) is 0 Å². The molecule has 1 aromatic carbocycles. The standard InChI is InChI=1S/C14H22N2O2/c1-14(2,3)16-13(18)15-12-8-4-6-11(10-12)7-5-9-17/h4,6,8,10,17H,5,7,9H2,1-3H3,(H2,15,16,18). The summed E-state index contributed by atoms with van der Waals surface area (Å²) in [4.78, 5) is 11.7. The fourth-order valence-electron chi connectivity index (χ4n) is 1.59. The van der Waals surface area contributed by atoms with Gasteiger partial charge in [0.1, 0.15) is 0 Å². The zero-order valence-corrected chi connectivity index (χ0v) is 11.3. The smallest absolute Gasteiger partial charge is 0.319 e. The summed E-state index contributed by atoms with van der Waals surface area (Å²) in [7, 11) is 0. The topological polar surface area (TPSA) is 61.4 Å². The molecular formula is C14H22N2O2. The molecule has 0 aromatic heterocycles. The molecule has 0 unspecified atom stereocenters. The largest absolute Gasteiger partial charge is 0.396 e. The number of hydrogen-bond donors (Lipinski definition) is 3. The van der Waals surface area contributed by atoms with E-state index in [0.29, 0.717) is 0 Å². The van der Waals surface area contributed by atoms with Gasteiger partial charge in [0, 0.05) is 17.8 Å². The van der Waals surface area contributed by atoms with Gasteiger partial charge in [0.15, 0.2) is 0 Å². The molecule has 1 rings (SSSR count). The molecule has 1 aromatic rings. The summed E-state index contributed by atoms with van der Waals surface area (Å²) in [5.74, 6) is 0. The van der Waals surface area contributed by atoms with Crippen molar-refractivity contribution < 1.29 is 9.90 Å². The fraction of sp³-hybridized carbons (Fsp3) is 0.500. The van der Waals surface area contributed by atoms with E-state index < -0.39 is 0 Å². The molecule has 18 heavy (non-hydrogen) atoms. The second-order valence-corrected chi connectivity index (χ2v) is 5.36. The first kappa shape index (κ1) is 14.5. The quantitative estimate of drug-likeness (QED) is 0.769. The number of aliphatic hydroxyl groups is 1. The van der Waals surface area contributed by atoms with Gasteiger partial charge in [0.25, 0.3) is 0 Å². The molecule has 3 N–H and O–H groups in total. The Kier molecular flexibility index (Phi) is 5.16. The van der Waals surface area contributed by atoms with Crippen LogP contribution in [0, 0.1) is 0 Å². The molecule has 0 spiro atoms. The number of urea groups is 1. The minimum Gasteiger partial charge on any atom is -0.396 e. The molecule has 2 amide bonds. The molecule has 4 nitrogen and oxygen atoms in total. The zero-order chi connectivity index (χ0) is 13.6. The minimum atomic E-state index is -0.251. The summed E-state index contributed by atoms with van der Waals surface area (Å²) >= 11 is 0. The van der Waals surface area contributed by atoms with Crippen LogP contribution in [-0.4, -0.2) is 23.3 Å². The van der Waals surface area contributed by atoms with Crippen molar-refractivity contribution in [3.05, 3.63) is 29.8 Å². The molecule has 0 heterocycles. The Balaban J connectivity index is 2.59. The summed E-state index contributed by atoms with van der Waals surface area (Å²) in [5, 5.41) is 14.4. The van der Waals surface area contributed by atoms with Crippen LogP contribution >= 0.6 is 0 Å². The third-order valence-corrected chi connectivity index (χ3v) is 2.30. The first-order chi connectivity index (χ1) is 8.40. The molecule has 4 heteroatoms. The minimum absolute atomic E-state index is 0.183. The average molecular weight is 250 g/mol. The molecular weight excluding hydrogens is 228 g/mol. The Bertz CT molecular complexity index is 397. The van der Waals surface area contributed by atoms with Crippen LogP contribution in [0.4, 0.5) is 10.5 Å².